The van der Waals surface area contributed by atoms with E-state index in [1.165, 1.54) is 4.31 Å². The fourth-order valence-corrected chi connectivity index (χ4v) is 4.26. The Balaban J connectivity index is 2.08. The van der Waals surface area contributed by atoms with Gasteiger partial charge < -0.3 is 10.8 Å². The van der Waals surface area contributed by atoms with E-state index >= 15 is 0 Å². The van der Waals surface area contributed by atoms with Gasteiger partial charge in [0.2, 0.25) is 10.0 Å². The molecule has 6 nitrogen and oxygen atoms in total. The number of hydrogen-bond donors (Lipinski definition) is 2. The average Bonchev–Trinajstić information content (AvgIpc) is 2.61. The molecule has 7 heteroatoms. The van der Waals surface area contributed by atoms with Gasteiger partial charge in [-0.1, -0.05) is 6.42 Å². The first-order valence-corrected chi connectivity index (χ1v) is 7.46. The van der Waals surface area contributed by atoms with Crippen LogP contribution in [-0.2, 0) is 14.8 Å². The van der Waals surface area contributed by atoms with E-state index in [9.17, 15) is 13.2 Å². The van der Waals surface area contributed by atoms with Crippen molar-refractivity contribution in [3.05, 3.63) is 0 Å². The summed E-state index contributed by atoms with van der Waals surface area (Å²) in [4.78, 5) is 10.5. The quantitative estimate of drug-likeness (QED) is 0.711. The minimum absolute atomic E-state index is 0.0544. The largest absolute Gasteiger partial charge is 0.480 e. The van der Waals surface area contributed by atoms with Gasteiger partial charge in [-0.15, -0.1) is 0 Å². The van der Waals surface area contributed by atoms with Crippen LogP contribution < -0.4 is 5.73 Å². The number of fused-ring (bicyclic) bond motifs is 1. The van der Waals surface area contributed by atoms with Crippen molar-refractivity contribution in [2.24, 2.45) is 17.6 Å². The van der Waals surface area contributed by atoms with Gasteiger partial charge in [0.15, 0.2) is 5.75 Å². The lowest BCUT2D eigenvalue weighted by molar-refractivity contribution is -0.134. The number of nitrogens with two attached hydrogens (primary N) is 1. The number of aliphatic carboxylic acids is 1. The molecule has 1 saturated carbocycles. The van der Waals surface area contributed by atoms with Crippen LogP contribution in [0, 0.1) is 11.8 Å². The topological polar surface area (TPSA) is 101 Å². The Hall–Kier alpha value is -0.660. The first-order valence-electron chi connectivity index (χ1n) is 5.85. The first kappa shape index (κ1) is 12.8. The highest BCUT2D eigenvalue weighted by Gasteiger charge is 2.43. The van der Waals surface area contributed by atoms with Crippen LogP contribution in [-0.4, -0.2) is 48.7 Å². The van der Waals surface area contributed by atoms with E-state index in [-0.39, 0.29) is 12.0 Å². The standard InChI is InChI=1S/C10H18N2O4S/c11-9-3-1-2-7-4-12(5-8(7)9)17(15,16)6-10(13)14/h7-9H,1-6,11H2,(H,13,14). The third-order valence-electron chi connectivity index (χ3n) is 3.82. The Bertz CT molecular complexity index is 409. The number of carboxylic acid groups (broad SMARTS) is 1. The van der Waals surface area contributed by atoms with Crippen LogP contribution in [0.3, 0.4) is 0 Å². The molecule has 2 rings (SSSR count). The molecular weight excluding hydrogens is 244 g/mol. The van der Waals surface area contributed by atoms with Gasteiger partial charge in [-0.2, -0.15) is 0 Å². The van der Waals surface area contributed by atoms with Gasteiger partial charge in [0, 0.05) is 19.1 Å². The molecule has 2 aliphatic rings. The number of hydrogen-bond acceptors (Lipinski definition) is 4. The molecular formula is C10H18N2O4S. The summed E-state index contributed by atoms with van der Waals surface area (Å²) >= 11 is 0. The molecule has 0 aromatic carbocycles. The average molecular weight is 262 g/mol. The van der Waals surface area contributed by atoms with Crippen molar-refractivity contribution in [2.75, 3.05) is 18.8 Å². The lowest BCUT2D eigenvalue weighted by atomic mass is 9.78. The third-order valence-corrected chi connectivity index (χ3v) is 5.52. The fourth-order valence-electron chi connectivity index (χ4n) is 2.95. The Kier molecular flexibility index (Phi) is 3.42. The minimum atomic E-state index is -3.66. The molecule has 1 saturated heterocycles. The summed E-state index contributed by atoms with van der Waals surface area (Å²) < 4.78 is 24.9. The summed E-state index contributed by atoms with van der Waals surface area (Å²) in [7, 11) is -3.66. The number of carboxylic acids is 1. The van der Waals surface area contributed by atoms with Crippen molar-refractivity contribution >= 4 is 16.0 Å². The lowest BCUT2D eigenvalue weighted by Crippen LogP contribution is -2.39. The molecule has 98 valence electrons. The van der Waals surface area contributed by atoms with Crippen LogP contribution in [0.4, 0.5) is 0 Å². The molecule has 0 amide bonds. The van der Waals surface area contributed by atoms with Crippen LogP contribution in [0.2, 0.25) is 0 Å². The molecule has 17 heavy (non-hydrogen) atoms. The van der Waals surface area contributed by atoms with E-state index in [1.54, 1.807) is 0 Å². The molecule has 3 unspecified atom stereocenters. The zero-order valence-electron chi connectivity index (χ0n) is 9.58. The van der Waals surface area contributed by atoms with Crippen molar-refractivity contribution < 1.29 is 18.3 Å². The molecule has 1 aliphatic heterocycles. The summed E-state index contributed by atoms with van der Waals surface area (Å²) in [5.74, 6) is -1.61. The first-order chi connectivity index (χ1) is 7.90. The van der Waals surface area contributed by atoms with Crippen molar-refractivity contribution in [1.82, 2.24) is 4.31 Å². The van der Waals surface area contributed by atoms with Crippen LogP contribution in [0.25, 0.3) is 0 Å². The van der Waals surface area contributed by atoms with E-state index in [0.717, 1.165) is 19.3 Å². The molecule has 1 heterocycles. The maximum Gasteiger partial charge on any atom is 0.320 e. The number of sulfonamides is 1. The highest BCUT2D eigenvalue weighted by atomic mass is 32.2. The van der Waals surface area contributed by atoms with Gasteiger partial charge >= 0.3 is 5.97 Å². The zero-order chi connectivity index (χ0) is 12.6. The van der Waals surface area contributed by atoms with Gasteiger partial charge in [0.05, 0.1) is 0 Å². The second-order valence-electron chi connectivity index (χ2n) is 4.99. The summed E-state index contributed by atoms with van der Waals surface area (Å²) in [6.45, 7) is 0.829. The summed E-state index contributed by atoms with van der Waals surface area (Å²) in [6, 6.07) is 0.0544. The van der Waals surface area contributed by atoms with Crippen LogP contribution >= 0.6 is 0 Å². The molecule has 3 N–H and O–H groups in total. The van der Waals surface area contributed by atoms with Gasteiger partial charge in [0.1, 0.15) is 0 Å². The number of carbonyl (C=O) groups is 1. The molecule has 0 aromatic heterocycles. The Labute approximate surface area is 101 Å². The molecule has 1 aliphatic carbocycles. The van der Waals surface area contributed by atoms with Crippen LogP contribution in [0.1, 0.15) is 19.3 Å². The Morgan fingerprint density at radius 3 is 2.65 bits per heavy atom. The highest BCUT2D eigenvalue weighted by molar-refractivity contribution is 7.89. The van der Waals surface area contributed by atoms with Gasteiger partial charge in [-0.25, -0.2) is 12.7 Å². The maximum atomic E-state index is 11.8. The van der Waals surface area contributed by atoms with E-state index in [1.807, 2.05) is 0 Å². The fraction of sp³-hybridized carbons (Fsp3) is 0.900. The monoisotopic (exact) mass is 262 g/mol. The van der Waals surface area contributed by atoms with E-state index < -0.39 is 21.7 Å². The molecule has 0 aromatic rings. The second-order valence-corrected chi connectivity index (χ2v) is 6.95. The molecule has 0 spiro atoms. The Morgan fingerprint density at radius 1 is 1.35 bits per heavy atom. The van der Waals surface area contributed by atoms with Crippen molar-refractivity contribution in [2.45, 2.75) is 25.3 Å². The Morgan fingerprint density at radius 2 is 2.06 bits per heavy atom. The van der Waals surface area contributed by atoms with E-state index in [0.29, 0.717) is 19.0 Å². The van der Waals surface area contributed by atoms with E-state index in [2.05, 4.69) is 0 Å². The van der Waals surface area contributed by atoms with E-state index in [4.69, 9.17) is 10.8 Å². The number of rotatable bonds is 3. The normalized spacial score (nSPS) is 34.5. The summed E-state index contributed by atoms with van der Waals surface area (Å²) in [5.41, 5.74) is 5.99. The highest BCUT2D eigenvalue weighted by Crippen LogP contribution is 2.36. The molecule has 3 atom stereocenters. The van der Waals surface area contributed by atoms with Gasteiger partial charge in [-0.05, 0) is 24.7 Å². The summed E-state index contributed by atoms with van der Waals surface area (Å²) in [5, 5.41) is 8.59. The molecule has 2 fully saturated rings. The maximum absolute atomic E-state index is 11.8. The van der Waals surface area contributed by atoms with Gasteiger partial charge in [-0.3, -0.25) is 4.79 Å². The molecule has 0 bridgehead atoms. The zero-order valence-corrected chi connectivity index (χ0v) is 10.4. The van der Waals surface area contributed by atoms with Crippen LogP contribution in [0.5, 0.6) is 0 Å². The lowest BCUT2D eigenvalue weighted by Gasteiger charge is -2.29. The SMILES string of the molecule is NC1CCCC2CN(S(=O)(=O)CC(=O)O)CC12. The van der Waals surface area contributed by atoms with Crippen molar-refractivity contribution in [1.29, 1.82) is 0 Å². The van der Waals surface area contributed by atoms with Crippen molar-refractivity contribution in [3.8, 4) is 0 Å². The molecule has 0 radical (unpaired) electrons. The minimum Gasteiger partial charge on any atom is -0.480 e. The smallest absolute Gasteiger partial charge is 0.320 e. The van der Waals surface area contributed by atoms with Gasteiger partial charge in [0.25, 0.3) is 0 Å². The summed E-state index contributed by atoms with van der Waals surface area (Å²) in [6.07, 6.45) is 2.97. The van der Waals surface area contributed by atoms with Crippen LogP contribution in [0.15, 0.2) is 0 Å². The third kappa shape index (κ3) is 2.61. The predicted octanol–water partition coefficient (Wildman–Crippen LogP) is -0.540. The predicted molar refractivity (Wildman–Crippen MR) is 61.8 cm³/mol. The van der Waals surface area contributed by atoms with Crippen molar-refractivity contribution in [3.63, 3.8) is 0 Å². The second kappa shape index (κ2) is 4.55. The number of nitrogens with zero attached hydrogens (tertiary/aromatic N) is 1.